The topological polar surface area (TPSA) is 89.5 Å². The van der Waals surface area contributed by atoms with Crippen LogP contribution in [0.4, 0.5) is 0 Å². The monoisotopic (exact) mass is 382 g/mol. The molecule has 2 N–H and O–H groups in total. The fraction of sp³-hybridized carbons (Fsp3) is 0.476. The van der Waals surface area contributed by atoms with E-state index in [1.807, 2.05) is 9.80 Å². The van der Waals surface area contributed by atoms with Gasteiger partial charge in [-0.2, -0.15) is 0 Å². The minimum absolute atomic E-state index is 0.0000139. The first-order chi connectivity index (χ1) is 13.5. The number of carbonyl (C=O) groups is 2. The van der Waals surface area contributed by atoms with Crippen molar-refractivity contribution in [2.24, 2.45) is 5.41 Å². The summed E-state index contributed by atoms with van der Waals surface area (Å²) in [4.78, 5) is 36.4. The highest BCUT2D eigenvalue weighted by Crippen LogP contribution is 2.39. The van der Waals surface area contributed by atoms with Crippen LogP contribution >= 0.6 is 0 Å². The van der Waals surface area contributed by atoms with Crippen molar-refractivity contribution in [1.29, 1.82) is 0 Å². The van der Waals surface area contributed by atoms with Gasteiger partial charge in [0, 0.05) is 61.9 Å². The number of aromatic nitrogens is 2. The Labute approximate surface area is 164 Å². The minimum atomic E-state index is -0.0211. The first-order valence-corrected chi connectivity index (χ1v) is 9.88. The maximum atomic E-state index is 12.9. The smallest absolute Gasteiger partial charge is 0.253 e. The van der Waals surface area contributed by atoms with Crippen molar-refractivity contribution >= 4 is 11.8 Å². The van der Waals surface area contributed by atoms with E-state index < -0.39 is 0 Å². The fourth-order valence-electron chi connectivity index (χ4n) is 4.48. The van der Waals surface area contributed by atoms with E-state index in [9.17, 15) is 14.7 Å². The van der Waals surface area contributed by atoms with Crippen molar-refractivity contribution in [3.8, 4) is 5.75 Å². The molecule has 2 aromatic rings. The number of phenolic OH excluding ortho intramolecular Hbond substituents is 1. The van der Waals surface area contributed by atoms with Crippen molar-refractivity contribution in [3.63, 3.8) is 0 Å². The number of benzene rings is 1. The molecule has 0 radical (unpaired) electrons. The standard InChI is InChI=1S/C21H26N4O3/c26-18-4-2-16(3-5-18)20(28)25-10-1-8-21(14-25)9-6-19(27)24(13-21)11-7-17-12-22-15-23-17/h2-5,12,15,26H,1,6-11,13-14H2,(H,22,23)/t21-/m0/s1. The second kappa shape index (κ2) is 7.66. The van der Waals surface area contributed by atoms with E-state index in [-0.39, 0.29) is 23.0 Å². The van der Waals surface area contributed by atoms with E-state index in [2.05, 4.69) is 9.97 Å². The van der Waals surface area contributed by atoms with Gasteiger partial charge < -0.3 is 19.9 Å². The number of phenols is 1. The summed E-state index contributed by atoms with van der Waals surface area (Å²) in [6, 6.07) is 6.42. The maximum Gasteiger partial charge on any atom is 0.253 e. The van der Waals surface area contributed by atoms with Crippen molar-refractivity contribution < 1.29 is 14.7 Å². The van der Waals surface area contributed by atoms with Crippen molar-refractivity contribution in [2.75, 3.05) is 26.2 Å². The molecule has 4 rings (SSSR count). The van der Waals surface area contributed by atoms with Gasteiger partial charge in [-0.1, -0.05) is 0 Å². The summed E-state index contributed by atoms with van der Waals surface area (Å²) in [7, 11) is 0. The Balaban J connectivity index is 1.43. The molecule has 28 heavy (non-hydrogen) atoms. The SMILES string of the molecule is O=C1CC[C@@]2(CCCN(C(=O)c3ccc(O)cc3)C2)CN1CCc1cnc[nH]1. The first-order valence-electron chi connectivity index (χ1n) is 9.88. The number of nitrogens with zero attached hydrogens (tertiary/aromatic N) is 3. The highest BCUT2D eigenvalue weighted by Gasteiger charge is 2.42. The Kier molecular flexibility index (Phi) is 5.07. The molecular formula is C21H26N4O3. The van der Waals surface area contributed by atoms with Gasteiger partial charge in [0.2, 0.25) is 5.91 Å². The Morgan fingerprint density at radius 1 is 1.21 bits per heavy atom. The lowest BCUT2D eigenvalue weighted by molar-refractivity contribution is -0.138. The van der Waals surface area contributed by atoms with E-state index in [1.165, 1.54) is 0 Å². The lowest BCUT2D eigenvalue weighted by Crippen LogP contribution is -2.55. The number of carbonyl (C=O) groups excluding carboxylic acids is 2. The van der Waals surface area contributed by atoms with E-state index in [0.717, 1.165) is 37.9 Å². The molecule has 3 heterocycles. The summed E-state index contributed by atoms with van der Waals surface area (Å²) in [5.74, 6) is 0.359. The van der Waals surface area contributed by atoms with Crippen LogP contribution in [0.1, 0.15) is 41.7 Å². The van der Waals surface area contributed by atoms with Gasteiger partial charge in [-0.05, 0) is 43.5 Å². The van der Waals surface area contributed by atoms with Crippen molar-refractivity contribution in [1.82, 2.24) is 19.8 Å². The Bertz CT molecular complexity index is 834. The number of amides is 2. The fourth-order valence-corrected chi connectivity index (χ4v) is 4.48. The van der Waals surface area contributed by atoms with Gasteiger partial charge in [-0.15, -0.1) is 0 Å². The molecule has 1 aromatic heterocycles. The van der Waals surface area contributed by atoms with Crippen LogP contribution in [0.15, 0.2) is 36.8 Å². The van der Waals surface area contributed by atoms with Crippen LogP contribution in [0.2, 0.25) is 0 Å². The zero-order valence-electron chi connectivity index (χ0n) is 15.9. The number of hydrogen-bond acceptors (Lipinski definition) is 4. The molecule has 2 aliphatic heterocycles. The molecule has 2 saturated heterocycles. The zero-order valence-corrected chi connectivity index (χ0v) is 15.9. The average Bonchev–Trinajstić information content (AvgIpc) is 3.23. The molecule has 0 saturated carbocycles. The Morgan fingerprint density at radius 3 is 2.79 bits per heavy atom. The van der Waals surface area contributed by atoms with Gasteiger partial charge in [-0.25, -0.2) is 4.98 Å². The molecule has 1 aromatic carbocycles. The molecule has 1 atom stereocenters. The highest BCUT2D eigenvalue weighted by molar-refractivity contribution is 5.94. The van der Waals surface area contributed by atoms with Crippen LogP contribution < -0.4 is 0 Å². The van der Waals surface area contributed by atoms with Gasteiger partial charge >= 0.3 is 0 Å². The lowest BCUT2D eigenvalue weighted by Gasteiger charge is -2.48. The molecule has 7 nitrogen and oxygen atoms in total. The number of hydrogen-bond donors (Lipinski definition) is 2. The molecule has 2 fully saturated rings. The second-order valence-electron chi connectivity index (χ2n) is 8.02. The summed E-state index contributed by atoms with van der Waals surface area (Å²) in [5, 5.41) is 9.45. The number of likely N-dealkylation sites (tertiary alicyclic amines) is 2. The Hall–Kier alpha value is -2.83. The van der Waals surface area contributed by atoms with E-state index in [1.54, 1.807) is 36.8 Å². The summed E-state index contributed by atoms with van der Waals surface area (Å²) in [6.07, 6.45) is 7.59. The number of aromatic hydroxyl groups is 1. The number of piperidine rings is 2. The van der Waals surface area contributed by atoms with Crippen LogP contribution in [0, 0.1) is 5.41 Å². The number of imidazole rings is 1. The third-order valence-corrected chi connectivity index (χ3v) is 6.02. The molecular weight excluding hydrogens is 356 g/mol. The van der Waals surface area contributed by atoms with Gasteiger partial charge in [0.1, 0.15) is 5.75 Å². The van der Waals surface area contributed by atoms with Crippen molar-refractivity contribution in [3.05, 3.63) is 48.0 Å². The summed E-state index contributed by atoms with van der Waals surface area (Å²) in [6.45, 7) is 2.80. The van der Waals surface area contributed by atoms with Gasteiger partial charge in [0.05, 0.1) is 6.33 Å². The predicted molar refractivity (Wildman–Crippen MR) is 104 cm³/mol. The first kappa shape index (κ1) is 18.5. The van der Waals surface area contributed by atoms with Gasteiger partial charge in [-0.3, -0.25) is 9.59 Å². The number of aromatic amines is 1. The quantitative estimate of drug-likeness (QED) is 0.848. The summed E-state index contributed by atoms with van der Waals surface area (Å²) in [5.41, 5.74) is 1.60. The van der Waals surface area contributed by atoms with Crippen LogP contribution in [0.5, 0.6) is 5.75 Å². The molecule has 2 amide bonds. The number of nitrogens with one attached hydrogen (secondary N) is 1. The largest absolute Gasteiger partial charge is 0.508 e. The average molecular weight is 382 g/mol. The van der Waals surface area contributed by atoms with Crippen molar-refractivity contribution in [2.45, 2.75) is 32.1 Å². The third kappa shape index (κ3) is 3.88. The molecule has 0 unspecified atom stereocenters. The third-order valence-electron chi connectivity index (χ3n) is 6.02. The van der Waals surface area contributed by atoms with Crippen LogP contribution in [0.3, 0.4) is 0 Å². The number of rotatable bonds is 4. The Morgan fingerprint density at radius 2 is 2.04 bits per heavy atom. The normalized spacial score (nSPS) is 22.6. The highest BCUT2D eigenvalue weighted by atomic mass is 16.3. The minimum Gasteiger partial charge on any atom is -0.508 e. The molecule has 0 aliphatic carbocycles. The second-order valence-corrected chi connectivity index (χ2v) is 8.02. The maximum absolute atomic E-state index is 12.9. The van der Waals surface area contributed by atoms with E-state index in [0.29, 0.717) is 31.6 Å². The van der Waals surface area contributed by atoms with Crippen LogP contribution in [-0.2, 0) is 11.2 Å². The van der Waals surface area contributed by atoms with Gasteiger partial charge in [0.25, 0.3) is 5.91 Å². The lowest BCUT2D eigenvalue weighted by atomic mass is 9.73. The van der Waals surface area contributed by atoms with E-state index in [4.69, 9.17) is 0 Å². The van der Waals surface area contributed by atoms with Crippen LogP contribution in [-0.4, -0.2) is 62.9 Å². The predicted octanol–water partition coefficient (Wildman–Crippen LogP) is 2.20. The van der Waals surface area contributed by atoms with Crippen LogP contribution in [0.25, 0.3) is 0 Å². The molecule has 1 spiro atoms. The molecule has 7 heteroatoms. The zero-order chi connectivity index (χ0) is 19.6. The molecule has 148 valence electrons. The molecule has 2 aliphatic rings. The summed E-state index contributed by atoms with van der Waals surface area (Å²) >= 11 is 0. The summed E-state index contributed by atoms with van der Waals surface area (Å²) < 4.78 is 0. The number of H-pyrrole nitrogens is 1. The van der Waals surface area contributed by atoms with Gasteiger partial charge in [0.15, 0.2) is 0 Å². The van der Waals surface area contributed by atoms with E-state index >= 15 is 0 Å². The molecule has 0 bridgehead atoms.